The lowest BCUT2D eigenvalue weighted by atomic mass is 9.94. The Labute approximate surface area is 103 Å². The molecule has 1 saturated heterocycles. The zero-order valence-electron chi connectivity index (χ0n) is 11.2. The fourth-order valence-corrected chi connectivity index (χ4v) is 2.68. The first-order valence-corrected chi connectivity index (χ1v) is 6.30. The zero-order valence-corrected chi connectivity index (χ0v) is 11.2. The molecule has 2 rings (SSSR count). The number of nitrogens with one attached hydrogen (secondary N) is 2. The van der Waals surface area contributed by atoms with Crippen molar-refractivity contribution in [3.63, 3.8) is 0 Å². The van der Waals surface area contributed by atoms with E-state index in [1.54, 1.807) is 6.33 Å². The average molecular weight is 237 g/mol. The lowest BCUT2D eigenvalue weighted by molar-refractivity contribution is -0.0697. The van der Waals surface area contributed by atoms with Crippen LogP contribution >= 0.6 is 0 Å². The standard InChI is InChI=1S/C13H23N3O/c1-12(2)7-11(13(3,4)17-12)15-6-5-10-8-14-9-16-10/h8-9,11,15H,5-7H2,1-4H3,(H,14,16). The molecule has 0 spiro atoms. The van der Waals surface area contributed by atoms with E-state index in [9.17, 15) is 0 Å². The summed E-state index contributed by atoms with van der Waals surface area (Å²) < 4.78 is 6.05. The first-order chi connectivity index (χ1) is 7.89. The molecule has 0 aromatic carbocycles. The minimum absolute atomic E-state index is 0.0187. The Morgan fingerprint density at radius 2 is 2.24 bits per heavy atom. The zero-order chi connectivity index (χ0) is 12.5. The van der Waals surface area contributed by atoms with E-state index in [1.807, 2.05) is 6.20 Å². The fraction of sp³-hybridized carbons (Fsp3) is 0.769. The van der Waals surface area contributed by atoms with Crippen LogP contribution in [0.1, 0.15) is 39.8 Å². The quantitative estimate of drug-likeness (QED) is 0.840. The highest BCUT2D eigenvalue weighted by Crippen LogP contribution is 2.37. The van der Waals surface area contributed by atoms with E-state index in [2.05, 4.69) is 43.0 Å². The van der Waals surface area contributed by atoms with Crippen molar-refractivity contribution >= 4 is 0 Å². The molecule has 1 aliphatic heterocycles. The molecule has 0 amide bonds. The summed E-state index contributed by atoms with van der Waals surface area (Å²) in [5, 5.41) is 3.59. The Balaban J connectivity index is 1.83. The van der Waals surface area contributed by atoms with Crippen molar-refractivity contribution in [3.8, 4) is 0 Å². The normalized spacial score (nSPS) is 26.2. The number of rotatable bonds is 4. The SMILES string of the molecule is CC1(C)CC(NCCc2cnc[nH]2)C(C)(C)O1. The molecular formula is C13H23N3O. The second-order valence-electron chi connectivity index (χ2n) is 6.00. The fourth-order valence-electron chi connectivity index (χ4n) is 2.68. The van der Waals surface area contributed by atoms with Gasteiger partial charge in [-0.2, -0.15) is 0 Å². The predicted molar refractivity (Wildman–Crippen MR) is 67.9 cm³/mol. The van der Waals surface area contributed by atoms with Gasteiger partial charge in [-0.3, -0.25) is 0 Å². The van der Waals surface area contributed by atoms with Crippen molar-refractivity contribution in [1.29, 1.82) is 0 Å². The molecule has 0 radical (unpaired) electrons. The maximum Gasteiger partial charge on any atom is 0.0921 e. The van der Waals surface area contributed by atoms with Crippen LogP contribution in [0.2, 0.25) is 0 Å². The molecule has 1 aromatic heterocycles. The Morgan fingerprint density at radius 1 is 1.47 bits per heavy atom. The van der Waals surface area contributed by atoms with E-state index in [1.165, 1.54) is 5.69 Å². The number of ether oxygens (including phenoxy) is 1. The molecule has 17 heavy (non-hydrogen) atoms. The Hall–Kier alpha value is -0.870. The highest BCUT2D eigenvalue weighted by molar-refractivity contribution is 5.00. The van der Waals surface area contributed by atoms with Gasteiger partial charge in [0.25, 0.3) is 0 Å². The van der Waals surface area contributed by atoms with Gasteiger partial charge in [0.2, 0.25) is 0 Å². The molecule has 1 aliphatic rings. The summed E-state index contributed by atoms with van der Waals surface area (Å²) in [6.07, 6.45) is 5.64. The van der Waals surface area contributed by atoms with Crippen LogP contribution in [0.3, 0.4) is 0 Å². The average Bonchev–Trinajstić information content (AvgIpc) is 2.72. The largest absolute Gasteiger partial charge is 0.368 e. The van der Waals surface area contributed by atoms with Gasteiger partial charge >= 0.3 is 0 Å². The van der Waals surface area contributed by atoms with Crippen LogP contribution in [-0.4, -0.2) is 33.8 Å². The number of H-pyrrole nitrogens is 1. The molecule has 96 valence electrons. The van der Waals surface area contributed by atoms with Gasteiger partial charge in [0.1, 0.15) is 0 Å². The predicted octanol–water partition coefficient (Wildman–Crippen LogP) is 1.89. The van der Waals surface area contributed by atoms with Gasteiger partial charge in [-0.15, -0.1) is 0 Å². The lowest BCUT2D eigenvalue weighted by Crippen LogP contribution is -2.44. The molecular weight excluding hydrogens is 214 g/mol. The summed E-state index contributed by atoms with van der Waals surface area (Å²) in [5.74, 6) is 0. The summed E-state index contributed by atoms with van der Waals surface area (Å²) in [4.78, 5) is 7.13. The van der Waals surface area contributed by atoms with Gasteiger partial charge in [0.15, 0.2) is 0 Å². The highest BCUT2D eigenvalue weighted by Gasteiger charge is 2.45. The Bertz CT molecular complexity index is 357. The van der Waals surface area contributed by atoms with Crippen LogP contribution in [-0.2, 0) is 11.2 Å². The number of hydrogen-bond donors (Lipinski definition) is 2. The molecule has 1 fully saturated rings. The maximum absolute atomic E-state index is 6.05. The molecule has 2 N–H and O–H groups in total. The Morgan fingerprint density at radius 3 is 2.76 bits per heavy atom. The van der Waals surface area contributed by atoms with Crippen molar-refractivity contribution < 1.29 is 4.74 Å². The van der Waals surface area contributed by atoms with Gasteiger partial charge in [-0.1, -0.05) is 0 Å². The first-order valence-electron chi connectivity index (χ1n) is 6.30. The van der Waals surface area contributed by atoms with Gasteiger partial charge in [0.05, 0.1) is 17.5 Å². The third kappa shape index (κ3) is 3.07. The van der Waals surface area contributed by atoms with Crippen LogP contribution in [0, 0.1) is 0 Å². The maximum atomic E-state index is 6.05. The van der Waals surface area contributed by atoms with E-state index in [0.29, 0.717) is 6.04 Å². The molecule has 0 aliphatic carbocycles. The van der Waals surface area contributed by atoms with Crippen LogP contribution in [0.5, 0.6) is 0 Å². The van der Waals surface area contributed by atoms with Crippen molar-refractivity contribution in [2.24, 2.45) is 0 Å². The Kier molecular flexibility index (Phi) is 3.27. The summed E-state index contributed by atoms with van der Waals surface area (Å²) in [6.45, 7) is 9.59. The van der Waals surface area contributed by atoms with E-state index in [-0.39, 0.29) is 11.2 Å². The van der Waals surface area contributed by atoms with Crippen molar-refractivity contribution in [3.05, 3.63) is 18.2 Å². The molecule has 4 heteroatoms. The molecule has 1 unspecified atom stereocenters. The van der Waals surface area contributed by atoms with Gasteiger partial charge in [-0.05, 0) is 34.1 Å². The van der Waals surface area contributed by atoms with Crippen LogP contribution in [0.25, 0.3) is 0 Å². The summed E-state index contributed by atoms with van der Waals surface area (Å²) in [5.41, 5.74) is 1.07. The summed E-state index contributed by atoms with van der Waals surface area (Å²) >= 11 is 0. The third-order valence-electron chi connectivity index (χ3n) is 3.41. The molecule has 0 bridgehead atoms. The third-order valence-corrected chi connectivity index (χ3v) is 3.41. The molecule has 0 saturated carbocycles. The van der Waals surface area contributed by atoms with Gasteiger partial charge < -0.3 is 15.0 Å². The molecule has 4 nitrogen and oxygen atoms in total. The molecule has 1 aromatic rings. The molecule has 2 heterocycles. The second-order valence-corrected chi connectivity index (χ2v) is 6.00. The molecule has 1 atom stereocenters. The smallest absolute Gasteiger partial charge is 0.0921 e. The van der Waals surface area contributed by atoms with Crippen LogP contribution in [0.4, 0.5) is 0 Å². The number of aromatic amines is 1. The van der Waals surface area contributed by atoms with Crippen LogP contribution < -0.4 is 5.32 Å². The number of aromatic nitrogens is 2. The van der Waals surface area contributed by atoms with E-state index < -0.39 is 0 Å². The minimum Gasteiger partial charge on any atom is -0.368 e. The highest BCUT2D eigenvalue weighted by atomic mass is 16.5. The second kappa shape index (κ2) is 4.42. The van der Waals surface area contributed by atoms with Gasteiger partial charge in [0, 0.05) is 30.9 Å². The monoisotopic (exact) mass is 237 g/mol. The van der Waals surface area contributed by atoms with Crippen molar-refractivity contribution in [1.82, 2.24) is 15.3 Å². The van der Waals surface area contributed by atoms with Crippen molar-refractivity contribution in [2.45, 2.75) is 57.8 Å². The van der Waals surface area contributed by atoms with E-state index >= 15 is 0 Å². The topological polar surface area (TPSA) is 49.9 Å². The van der Waals surface area contributed by atoms with Crippen LogP contribution in [0.15, 0.2) is 12.5 Å². The van der Waals surface area contributed by atoms with Crippen molar-refractivity contribution in [2.75, 3.05) is 6.54 Å². The van der Waals surface area contributed by atoms with E-state index in [0.717, 1.165) is 19.4 Å². The van der Waals surface area contributed by atoms with Gasteiger partial charge in [-0.25, -0.2) is 4.98 Å². The minimum atomic E-state index is -0.0858. The first kappa shape index (κ1) is 12.6. The summed E-state index contributed by atoms with van der Waals surface area (Å²) in [7, 11) is 0. The lowest BCUT2D eigenvalue weighted by Gasteiger charge is -2.27. The number of hydrogen-bond acceptors (Lipinski definition) is 3. The number of nitrogens with zero attached hydrogens (tertiary/aromatic N) is 1. The number of imidazole rings is 1. The summed E-state index contributed by atoms with van der Waals surface area (Å²) in [6, 6.07) is 0.417. The van der Waals surface area contributed by atoms with E-state index in [4.69, 9.17) is 4.74 Å².